The molecule has 7 heavy (non-hydrogen) atoms. The van der Waals surface area contributed by atoms with Crippen molar-refractivity contribution in [1.29, 1.82) is 0 Å². The molecule has 1 aliphatic rings. The van der Waals surface area contributed by atoms with E-state index in [1.54, 1.807) is 0 Å². The summed E-state index contributed by atoms with van der Waals surface area (Å²) in [5, 5.41) is 0. The van der Waals surface area contributed by atoms with E-state index in [1.165, 1.54) is 12.8 Å². The zero-order chi connectivity index (χ0) is 5.11. The summed E-state index contributed by atoms with van der Waals surface area (Å²) in [6.45, 7) is 0. The van der Waals surface area contributed by atoms with Gasteiger partial charge in [-0.25, -0.2) is 0 Å². The van der Waals surface area contributed by atoms with Crippen molar-refractivity contribution in [3.63, 3.8) is 0 Å². The Kier molecular flexibility index (Phi) is 1.92. The van der Waals surface area contributed by atoms with Crippen molar-refractivity contribution in [3.05, 3.63) is 18.6 Å². The average Bonchev–Trinajstić information content (AvgIpc) is 1.69. The quantitative estimate of drug-likeness (QED) is 0.477. The summed E-state index contributed by atoms with van der Waals surface area (Å²) in [5.74, 6) is 0. The van der Waals surface area contributed by atoms with Crippen molar-refractivity contribution < 1.29 is 0 Å². The van der Waals surface area contributed by atoms with Crippen molar-refractivity contribution in [2.24, 2.45) is 0 Å². The predicted octanol–water partition coefficient (Wildman–Crippen LogP) is 2.30. The lowest BCUT2D eigenvalue weighted by Crippen LogP contribution is -1.96. The van der Waals surface area contributed by atoms with E-state index >= 15 is 0 Å². The molecule has 1 rings (SSSR count). The van der Waals surface area contributed by atoms with E-state index in [4.69, 9.17) is 0 Å². The van der Waals surface area contributed by atoms with Crippen LogP contribution < -0.4 is 0 Å². The predicted molar refractivity (Wildman–Crippen MR) is 35.4 cm³/mol. The van der Waals surface area contributed by atoms with E-state index in [-0.39, 0.29) is 0 Å². The SMILES string of the molecule is BrC1C=C[CH]CC1. The van der Waals surface area contributed by atoms with E-state index in [9.17, 15) is 0 Å². The standard InChI is InChI=1S/C6H8Br/c7-6-4-2-1-3-5-6/h1-2,4,6H,3,5H2. The molecular formula is C6H8Br. The molecule has 1 aliphatic carbocycles. The molecule has 0 bridgehead atoms. The van der Waals surface area contributed by atoms with Crippen LogP contribution in [0.1, 0.15) is 12.8 Å². The van der Waals surface area contributed by atoms with Crippen LogP contribution in [0.5, 0.6) is 0 Å². The molecule has 0 aromatic carbocycles. The molecule has 0 N–H and O–H groups in total. The Morgan fingerprint density at radius 2 is 2.43 bits per heavy atom. The Balaban J connectivity index is 2.36. The van der Waals surface area contributed by atoms with Crippen molar-refractivity contribution in [2.45, 2.75) is 17.7 Å². The summed E-state index contributed by atoms with van der Waals surface area (Å²) in [6, 6.07) is 0. The fourth-order valence-electron chi connectivity index (χ4n) is 0.647. The molecule has 0 heterocycles. The first kappa shape index (κ1) is 5.36. The first-order chi connectivity index (χ1) is 3.39. The van der Waals surface area contributed by atoms with E-state index in [0.717, 1.165) is 0 Å². The molecular weight excluding hydrogens is 152 g/mol. The maximum Gasteiger partial charge on any atom is 0.0325 e. The molecule has 1 radical (unpaired) electrons. The van der Waals surface area contributed by atoms with Gasteiger partial charge in [-0.3, -0.25) is 0 Å². The first-order valence-electron chi connectivity index (χ1n) is 2.53. The Bertz CT molecular complexity index is 76.2. The fraction of sp³-hybridized carbons (Fsp3) is 0.500. The average molecular weight is 160 g/mol. The second-order valence-corrected chi connectivity index (χ2v) is 2.89. The van der Waals surface area contributed by atoms with Crippen LogP contribution in [0.3, 0.4) is 0 Å². The smallest absolute Gasteiger partial charge is 0.0325 e. The first-order valence-corrected chi connectivity index (χ1v) is 3.45. The summed E-state index contributed by atoms with van der Waals surface area (Å²) in [7, 11) is 0. The van der Waals surface area contributed by atoms with Gasteiger partial charge in [-0.2, -0.15) is 0 Å². The van der Waals surface area contributed by atoms with E-state index in [2.05, 4.69) is 34.5 Å². The fourth-order valence-corrected chi connectivity index (χ4v) is 1.09. The normalized spacial score (nSPS) is 30.7. The van der Waals surface area contributed by atoms with E-state index < -0.39 is 0 Å². The summed E-state index contributed by atoms with van der Waals surface area (Å²) in [6.07, 6.45) is 8.97. The zero-order valence-corrected chi connectivity index (χ0v) is 5.69. The summed E-state index contributed by atoms with van der Waals surface area (Å²) < 4.78 is 0. The molecule has 0 amide bonds. The van der Waals surface area contributed by atoms with Gasteiger partial charge in [0.2, 0.25) is 0 Å². The highest BCUT2D eigenvalue weighted by Crippen LogP contribution is 2.15. The highest BCUT2D eigenvalue weighted by atomic mass is 79.9. The van der Waals surface area contributed by atoms with Gasteiger partial charge >= 0.3 is 0 Å². The summed E-state index contributed by atoms with van der Waals surface area (Å²) in [5.41, 5.74) is 0. The Morgan fingerprint density at radius 3 is 2.71 bits per heavy atom. The van der Waals surface area contributed by atoms with Gasteiger partial charge in [-0.05, 0) is 19.3 Å². The van der Waals surface area contributed by atoms with Gasteiger partial charge in [0.25, 0.3) is 0 Å². The lowest BCUT2D eigenvalue weighted by atomic mass is 10.1. The van der Waals surface area contributed by atoms with Gasteiger partial charge in [-0.1, -0.05) is 28.1 Å². The molecule has 0 fully saturated rings. The highest BCUT2D eigenvalue weighted by molar-refractivity contribution is 9.09. The Labute approximate surface area is 52.7 Å². The van der Waals surface area contributed by atoms with Crippen LogP contribution in [0.25, 0.3) is 0 Å². The van der Waals surface area contributed by atoms with Crippen molar-refractivity contribution >= 4 is 15.9 Å². The second-order valence-electron chi connectivity index (χ2n) is 1.71. The second kappa shape index (κ2) is 2.51. The molecule has 0 saturated carbocycles. The minimum absolute atomic E-state index is 0.637. The van der Waals surface area contributed by atoms with Crippen LogP contribution in [0.4, 0.5) is 0 Å². The maximum absolute atomic E-state index is 3.48. The molecule has 0 aliphatic heterocycles. The maximum atomic E-state index is 3.48. The molecule has 0 saturated heterocycles. The number of alkyl halides is 1. The number of allylic oxidation sites excluding steroid dienone is 2. The molecule has 39 valence electrons. The lowest BCUT2D eigenvalue weighted by molar-refractivity contribution is 0.840. The monoisotopic (exact) mass is 159 g/mol. The molecule has 0 spiro atoms. The van der Waals surface area contributed by atoms with Crippen LogP contribution in [0.2, 0.25) is 0 Å². The third-order valence-electron chi connectivity index (χ3n) is 1.07. The molecule has 0 aromatic rings. The highest BCUT2D eigenvalue weighted by Gasteiger charge is 2.01. The largest absolute Gasteiger partial charge is 0.0845 e. The van der Waals surface area contributed by atoms with Crippen molar-refractivity contribution in [2.75, 3.05) is 0 Å². The van der Waals surface area contributed by atoms with Crippen LogP contribution in [0.15, 0.2) is 12.2 Å². The third-order valence-corrected chi connectivity index (χ3v) is 1.83. The van der Waals surface area contributed by atoms with Crippen LogP contribution in [-0.2, 0) is 0 Å². The van der Waals surface area contributed by atoms with Crippen LogP contribution >= 0.6 is 15.9 Å². The van der Waals surface area contributed by atoms with Gasteiger partial charge in [0, 0.05) is 4.83 Å². The lowest BCUT2D eigenvalue weighted by Gasteiger charge is -2.06. The molecule has 0 aromatic heterocycles. The summed E-state index contributed by atoms with van der Waals surface area (Å²) >= 11 is 3.48. The van der Waals surface area contributed by atoms with Crippen LogP contribution in [-0.4, -0.2) is 4.83 Å². The van der Waals surface area contributed by atoms with Crippen LogP contribution in [0, 0.1) is 6.42 Å². The third kappa shape index (κ3) is 1.64. The number of rotatable bonds is 0. The number of hydrogen-bond acceptors (Lipinski definition) is 0. The zero-order valence-electron chi connectivity index (χ0n) is 4.10. The molecule has 0 nitrogen and oxygen atoms in total. The minimum Gasteiger partial charge on any atom is -0.0845 e. The Morgan fingerprint density at radius 1 is 1.57 bits per heavy atom. The van der Waals surface area contributed by atoms with Gasteiger partial charge in [-0.15, -0.1) is 0 Å². The Hall–Kier alpha value is 0.220. The van der Waals surface area contributed by atoms with E-state index in [1.807, 2.05) is 0 Å². The molecule has 1 unspecified atom stereocenters. The molecule has 1 heteroatoms. The summed E-state index contributed by atoms with van der Waals surface area (Å²) in [4.78, 5) is 0.637. The minimum atomic E-state index is 0.637. The van der Waals surface area contributed by atoms with Crippen molar-refractivity contribution in [1.82, 2.24) is 0 Å². The van der Waals surface area contributed by atoms with Gasteiger partial charge in [0.05, 0.1) is 0 Å². The van der Waals surface area contributed by atoms with Gasteiger partial charge in [0.15, 0.2) is 0 Å². The van der Waals surface area contributed by atoms with Gasteiger partial charge < -0.3 is 0 Å². The molecule has 1 atom stereocenters. The number of halogens is 1. The topological polar surface area (TPSA) is 0 Å². The van der Waals surface area contributed by atoms with E-state index in [0.29, 0.717) is 4.83 Å². The van der Waals surface area contributed by atoms with Crippen molar-refractivity contribution in [3.8, 4) is 0 Å². The number of hydrogen-bond donors (Lipinski definition) is 0. The van der Waals surface area contributed by atoms with Gasteiger partial charge in [0.1, 0.15) is 0 Å².